The summed E-state index contributed by atoms with van der Waals surface area (Å²) in [6.45, 7) is 2.10. The molecule has 0 aliphatic heterocycles. The van der Waals surface area contributed by atoms with Crippen molar-refractivity contribution < 1.29 is 0 Å². The molecule has 0 fully saturated rings. The molecule has 1 atom stereocenters. The minimum atomic E-state index is 0.441. The van der Waals surface area contributed by atoms with Crippen molar-refractivity contribution in [3.8, 4) is 0 Å². The van der Waals surface area contributed by atoms with Crippen LogP contribution in [0.5, 0.6) is 0 Å². The van der Waals surface area contributed by atoms with E-state index < -0.39 is 0 Å². The molecule has 2 aromatic rings. The van der Waals surface area contributed by atoms with Crippen molar-refractivity contribution in [2.24, 2.45) is 0 Å². The van der Waals surface area contributed by atoms with E-state index in [9.17, 15) is 0 Å². The van der Waals surface area contributed by atoms with Crippen LogP contribution in [0.1, 0.15) is 35.6 Å². The predicted molar refractivity (Wildman–Crippen MR) is 74.7 cm³/mol. The van der Waals surface area contributed by atoms with Crippen LogP contribution in [0.3, 0.4) is 0 Å². The molecule has 1 N–H and O–H groups in total. The number of pyridine rings is 1. The smallest absolute Gasteiger partial charge is 0.0516 e. The van der Waals surface area contributed by atoms with Gasteiger partial charge in [0.25, 0.3) is 0 Å². The molecule has 0 bridgehead atoms. The predicted octanol–water partition coefficient (Wildman–Crippen LogP) is 3.88. The zero-order chi connectivity index (χ0) is 12.4. The van der Waals surface area contributed by atoms with Crippen molar-refractivity contribution in [1.82, 2.24) is 4.98 Å². The van der Waals surface area contributed by atoms with Crippen LogP contribution in [0.25, 0.3) is 0 Å². The largest absolute Gasteiger partial charge is 0.378 e. The Labute approximate surface area is 108 Å². The summed E-state index contributed by atoms with van der Waals surface area (Å²) in [7, 11) is 0. The van der Waals surface area contributed by atoms with Gasteiger partial charge in [0, 0.05) is 18.1 Å². The summed E-state index contributed by atoms with van der Waals surface area (Å²) in [5.74, 6) is 0. The number of rotatable bonds is 2. The number of benzene rings is 1. The van der Waals surface area contributed by atoms with Crippen molar-refractivity contribution in [3.05, 3.63) is 59.4 Å². The fraction of sp³-hybridized carbons (Fsp3) is 0.312. The monoisotopic (exact) mass is 238 g/mol. The van der Waals surface area contributed by atoms with E-state index in [1.54, 1.807) is 0 Å². The molecule has 0 radical (unpaired) electrons. The van der Waals surface area contributed by atoms with Crippen molar-refractivity contribution in [3.63, 3.8) is 0 Å². The van der Waals surface area contributed by atoms with Crippen LogP contribution in [-0.2, 0) is 6.42 Å². The molecule has 3 rings (SSSR count). The van der Waals surface area contributed by atoms with Crippen LogP contribution < -0.4 is 5.32 Å². The van der Waals surface area contributed by atoms with E-state index in [0.717, 1.165) is 0 Å². The van der Waals surface area contributed by atoms with Crippen LogP contribution in [0.2, 0.25) is 0 Å². The zero-order valence-corrected chi connectivity index (χ0v) is 10.7. The number of aryl methyl sites for hydroxylation is 2. The van der Waals surface area contributed by atoms with Gasteiger partial charge in [-0.25, -0.2) is 0 Å². The topological polar surface area (TPSA) is 24.9 Å². The highest BCUT2D eigenvalue weighted by molar-refractivity contribution is 5.51. The molecule has 2 nitrogen and oxygen atoms in total. The molecule has 1 aromatic heterocycles. The molecule has 18 heavy (non-hydrogen) atoms. The summed E-state index contributed by atoms with van der Waals surface area (Å²) in [6.07, 6.45) is 7.45. The van der Waals surface area contributed by atoms with Gasteiger partial charge in [-0.05, 0) is 48.9 Å². The highest BCUT2D eigenvalue weighted by Crippen LogP contribution is 2.32. The summed E-state index contributed by atoms with van der Waals surface area (Å²) in [5.41, 5.74) is 5.36. The van der Waals surface area contributed by atoms with Gasteiger partial charge in [0.1, 0.15) is 0 Å². The lowest BCUT2D eigenvalue weighted by Crippen LogP contribution is -2.17. The lowest BCUT2D eigenvalue weighted by atomic mass is 9.87. The Kier molecular flexibility index (Phi) is 3.01. The third-order valence-electron chi connectivity index (χ3n) is 3.72. The molecule has 92 valence electrons. The van der Waals surface area contributed by atoms with Gasteiger partial charge in [0.15, 0.2) is 0 Å². The minimum Gasteiger partial charge on any atom is -0.378 e. The normalized spacial score (nSPS) is 18.2. The zero-order valence-electron chi connectivity index (χ0n) is 10.7. The third kappa shape index (κ3) is 2.10. The average molecular weight is 238 g/mol. The Bertz CT molecular complexity index is 548. The molecule has 1 aliphatic rings. The Hall–Kier alpha value is -1.83. The highest BCUT2D eigenvalue weighted by atomic mass is 14.9. The van der Waals surface area contributed by atoms with Gasteiger partial charge in [-0.3, -0.25) is 4.98 Å². The maximum atomic E-state index is 4.14. The molecular weight excluding hydrogens is 220 g/mol. The Balaban J connectivity index is 1.89. The van der Waals surface area contributed by atoms with Gasteiger partial charge in [0.05, 0.1) is 6.04 Å². The molecule has 2 heteroatoms. The number of nitrogens with one attached hydrogen (secondary N) is 1. The first-order chi connectivity index (χ1) is 8.84. The number of hydrogen-bond donors (Lipinski definition) is 1. The molecule has 1 aromatic carbocycles. The highest BCUT2D eigenvalue weighted by Gasteiger charge is 2.19. The number of anilines is 1. The first-order valence-corrected chi connectivity index (χ1v) is 6.59. The second-order valence-electron chi connectivity index (χ2n) is 4.98. The number of fused-ring (bicyclic) bond motifs is 1. The van der Waals surface area contributed by atoms with E-state index >= 15 is 0 Å². The molecule has 1 heterocycles. The molecule has 0 amide bonds. The van der Waals surface area contributed by atoms with Gasteiger partial charge in [-0.2, -0.15) is 0 Å². The standard InChI is InChI=1S/C16H18N2/c1-12-11-17-10-9-15(12)18-16-8-4-6-13-5-2-3-7-14(13)16/h2-3,5,7,9-11,16H,4,6,8H2,1H3,(H,17,18). The van der Waals surface area contributed by atoms with E-state index in [0.29, 0.717) is 6.04 Å². The summed E-state index contributed by atoms with van der Waals surface area (Å²) in [4.78, 5) is 4.14. The fourth-order valence-corrected chi connectivity index (χ4v) is 2.73. The lowest BCUT2D eigenvalue weighted by molar-refractivity contribution is 0.600. The molecular formula is C16H18N2. The maximum Gasteiger partial charge on any atom is 0.0516 e. The lowest BCUT2D eigenvalue weighted by Gasteiger charge is -2.27. The van der Waals surface area contributed by atoms with Crippen molar-refractivity contribution >= 4 is 5.69 Å². The van der Waals surface area contributed by atoms with Crippen LogP contribution in [-0.4, -0.2) is 4.98 Å². The second kappa shape index (κ2) is 4.81. The van der Waals surface area contributed by atoms with Crippen LogP contribution >= 0.6 is 0 Å². The average Bonchev–Trinajstić information content (AvgIpc) is 2.42. The molecule has 0 saturated heterocycles. The second-order valence-corrected chi connectivity index (χ2v) is 4.98. The van der Waals surface area contributed by atoms with E-state index in [-0.39, 0.29) is 0 Å². The SMILES string of the molecule is Cc1cnccc1NC1CCCc2ccccc21. The van der Waals surface area contributed by atoms with E-state index in [1.807, 2.05) is 12.4 Å². The number of nitrogens with zero attached hydrogens (tertiary/aromatic N) is 1. The van der Waals surface area contributed by atoms with Crippen LogP contribution in [0.15, 0.2) is 42.7 Å². The number of aromatic nitrogens is 1. The van der Waals surface area contributed by atoms with Crippen LogP contribution in [0.4, 0.5) is 5.69 Å². The Morgan fingerprint density at radius 1 is 1.22 bits per heavy atom. The minimum absolute atomic E-state index is 0.441. The van der Waals surface area contributed by atoms with Crippen molar-refractivity contribution in [2.75, 3.05) is 5.32 Å². The van der Waals surface area contributed by atoms with E-state index in [4.69, 9.17) is 0 Å². The first-order valence-electron chi connectivity index (χ1n) is 6.59. The molecule has 1 aliphatic carbocycles. The fourth-order valence-electron chi connectivity index (χ4n) is 2.73. The van der Waals surface area contributed by atoms with E-state index in [1.165, 1.54) is 41.6 Å². The van der Waals surface area contributed by atoms with Gasteiger partial charge >= 0.3 is 0 Å². The van der Waals surface area contributed by atoms with Gasteiger partial charge in [-0.15, -0.1) is 0 Å². The van der Waals surface area contributed by atoms with Gasteiger partial charge in [-0.1, -0.05) is 24.3 Å². The van der Waals surface area contributed by atoms with Crippen molar-refractivity contribution in [2.45, 2.75) is 32.2 Å². The Morgan fingerprint density at radius 2 is 2.11 bits per heavy atom. The quantitative estimate of drug-likeness (QED) is 0.858. The number of hydrogen-bond acceptors (Lipinski definition) is 2. The van der Waals surface area contributed by atoms with Crippen molar-refractivity contribution in [1.29, 1.82) is 0 Å². The Morgan fingerprint density at radius 3 is 3.00 bits per heavy atom. The molecule has 0 saturated carbocycles. The maximum absolute atomic E-state index is 4.14. The van der Waals surface area contributed by atoms with Gasteiger partial charge in [0.2, 0.25) is 0 Å². The summed E-state index contributed by atoms with van der Waals surface area (Å²) in [5, 5.41) is 3.67. The summed E-state index contributed by atoms with van der Waals surface area (Å²) < 4.78 is 0. The third-order valence-corrected chi connectivity index (χ3v) is 3.72. The summed E-state index contributed by atoms with van der Waals surface area (Å²) >= 11 is 0. The van der Waals surface area contributed by atoms with Crippen LogP contribution in [0, 0.1) is 6.92 Å². The van der Waals surface area contributed by atoms with E-state index in [2.05, 4.69) is 47.6 Å². The molecule has 1 unspecified atom stereocenters. The summed E-state index contributed by atoms with van der Waals surface area (Å²) in [6, 6.07) is 11.3. The van der Waals surface area contributed by atoms with Gasteiger partial charge < -0.3 is 5.32 Å². The molecule has 0 spiro atoms. The first kappa shape index (κ1) is 11.3.